The second-order valence-corrected chi connectivity index (χ2v) is 8.16. The zero-order valence-corrected chi connectivity index (χ0v) is 18.2. The molecule has 0 radical (unpaired) electrons. The molecule has 164 valence electrons. The molecular formula is C25H31N3O3. The van der Waals surface area contributed by atoms with Crippen LogP contribution in [-0.4, -0.2) is 41.8 Å². The van der Waals surface area contributed by atoms with E-state index in [1.54, 1.807) is 29.2 Å². The average molecular weight is 422 g/mol. The molecule has 0 aliphatic carbocycles. The number of benzene rings is 2. The van der Waals surface area contributed by atoms with E-state index in [0.29, 0.717) is 31.5 Å². The Balaban J connectivity index is 1.58. The quantitative estimate of drug-likeness (QED) is 0.715. The van der Waals surface area contributed by atoms with Crippen molar-refractivity contribution in [2.45, 2.75) is 39.2 Å². The Morgan fingerprint density at radius 3 is 2.13 bits per heavy atom. The van der Waals surface area contributed by atoms with Crippen LogP contribution in [0.5, 0.6) is 0 Å². The van der Waals surface area contributed by atoms with Crippen LogP contribution in [0.3, 0.4) is 0 Å². The van der Waals surface area contributed by atoms with Crippen molar-refractivity contribution in [1.29, 1.82) is 0 Å². The van der Waals surface area contributed by atoms with E-state index in [9.17, 15) is 14.4 Å². The van der Waals surface area contributed by atoms with Crippen molar-refractivity contribution in [3.8, 4) is 0 Å². The lowest BCUT2D eigenvalue weighted by Crippen LogP contribution is -2.53. The summed E-state index contributed by atoms with van der Waals surface area (Å²) >= 11 is 0. The number of carbonyl (C=O) groups is 3. The number of hydrogen-bond acceptors (Lipinski definition) is 3. The third-order valence-electron chi connectivity index (χ3n) is 6.02. The number of likely N-dealkylation sites (tertiary alicyclic amines) is 1. The predicted molar refractivity (Wildman–Crippen MR) is 122 cm³/mol. The maximum atomic E-state index is 13.2. The van der Waals surface area contributed by atoms with Gasteiger partial charge >= 0.3 is 0 Å². The SMILES string of the molecule is CC[C@H](C)[C@H](NC(=O)c1ccccc1)C(=O)N1CCC(C(=O)Nc2ccccc2)CC1. The van der Waals surface area contributed by atoms with Crippen molar-refractivity contribution in [2.75, 3.05) is 18.4 Å². The number of piperidine rings is 1. The summed E-state index contributed by atoms with van der Waals surface area (Å²) in [5.41, 5.74) is 1.33. The van der Waals surface area contributed by atoms with E-state index in [-0.39, 0.29) is 29.6 Å². The molecule has 0 spiro atoms. The van der Waals surface area contributed by atoms with Gasteiger partial charge in [0.2, 0.25) is 11.8 Å². The molecule has 1 heterocycles. The number of amides is 3. The van der Waals surface area contributed by atoms with Gasteiger partial charge in [-0.1, -0.05) is 56.7 Å². The number of anilines is 1. The third kappa shape index (κ3) is 5.94. The van der Waals surface area contributed by atoms with Crippen LogP contribution in [0, 0.1) is 11.8 Å². The molecule has 1 saturated heterocycles. The van der Waals surface area contributed by atoms with Crippen LogP contribution >= 0.6 is 0 Å². The molecule has 2 atom stereocenters. The number of nitrogens with one attached hydrogen (secondary N) is 2. The normalized spacial score (nSPS) is 16.3. The summed E-state index contributed by atoms with van der Waals surface area (Å²) in [5, 5.41) is 5.89. The molecule has 1 aliphatic heterocycles. The Morgan fingerprint density at radius 1 is 0.968 bits per heavy atom. The molecule has 3 rings (SSSR count). The summed E-state index contributed by atoms with van der Waals surface area (Å²) in [4.78, 5) is 40.2. The van der Waals surface area contributed by atoms with Gasteiger partial charge in [-0.25, -0.2) is 0 Å². The maximum Gasteiger partial charge on any atom is 0.251 e. The van der Waals surface area contributed by atoms with Crippen LogP contribution in [0.2, 0.25) is 0 Å². The Bertz CT molecular complexity index is 877. The van der Waals surface area contributed by atoms with Gasteiger partial charge in [0.15, 0.2) is 0 Å². The molecule has 1 aliphatic rings. The minimum Gasteiger partial charge on any atom is -0.341 e. The molecule has 6 heteroatoms. The monoisotopic (exact) mass is 421 g/mol. The van der Waals surface area contributed by atoms with Crippen molar-refractivity contribution in [1.82, 2.24) is 10.2 Å². The third-order valence-corrected chi connectivity index (χ3v) is 6.02. The minimum absolute atomic E-state index is 0.00541. The van der Waals surface area contributed by atoms with Crippen LogP contribution in [-0.2, 0) is 9.59 Å². The second kappa shape index (κ2) is 10.8. The van der Waals surface area contributed by atoms with Crippen LogP contribution in [0.15, 0.2) is 60.7 Å². The fraction of sp³-hybridized carbons (Fsp3) is 0.400. The lowest BCUT2D eigenvalue weighted by atomic mass is 9.93. The molecule has 2 aromatic carbocycles. The van der Waals surface area contributed by atoms with Crippen LogP contribution in [0.25, 0.3) is 0 Å². The van der Waals surface area contributed by atoms with Crippen LogP contribution in [0.1, 0.15) is 43.5 Å². The van der Waals surface area contributed by atoms with E-state index in [2.05, 4.69) is 10.6 Å². The first-order valence-corrected chi connectivity index (χ1v) is 11.0. The Hall–Kier alpha value is -3.15. The van der Waals surface area contributed by atoms with E-state index in [4.69, 9.17) is 0 Å². The average Bonchev–Trinajstić information content (AvgIpc) is 2.82. The summed E-state index contributed by atoms with van der Waals surface area (Å²) in [6.45, 7) is 5.02. The molecule has 0 unspecified atom stereocenters. The van der Waals surface area contributed by atoms with Gasteiger partial charge in [-0.2, -0.15) is 0 Å². The molecule has 1 fully saturated rings. The highest BCUT2D eigenvalue weighted by Gasteiger charge is 2.33. The van der Waals surface area contributed by atoms with E-state index >= 15 is 0 Å². The number of para-hydroxylation sites is 1. The standard InChI is InChI=1S/C25H31N3O3/c1-3-18(2)22(27-24(30)19-10-6-4-7-11-19)25(31)28-16-14-20(15-17-28)23(29)26-21-12-8-5-9-13-21/h4-13,18,20,22H,3,14-17H2,1-2H3,(H,26,29)(H,27,30)/t18-,22-/m0/s1. The molecular weight excluding hydrogens is 390 g/mol. The molecule has 2 aromatic rings. The number of hydrogen-bond donors (Lipinski definition) is 2. The predicted octanol–water partition coefficient (Wildman–Crippen LogP) is 3.71. The van der Waals surface area contributed by atoms with Gasteiger partial charge in [-0.05, 0) is 43.0 Å². The topological polar surface area (TPSA) is 78.5 Å². The Morgan fingerprint density at radius 2 is 1.55 bits per heavy atom. The van der Waals surface area contributed by atoms with Crippen molar-refractivity contribution < 1.29 is 14.4 Å². The highest BCUT2D eigenvalue weighted by molar-refractivity contribution is 5.97. The molecule has 0 saturated carbocycles. The summed E-state index contributed by atoms with van der Waals surface area (Å²) in [6, 6.07) is 17.8. The van der Waals surface area contributed by atoms with Crippen LogP contribution < -0.4 is 10.6 Å². The van der Waals surface area contributed by atoms with Gasteiger partial charge < -0.3 is 15.5 Å². The van der Waals surface area contributed by atoms with E-state index in [0.717, 1.165) is 12.1 Å². The van der Waals surface area contributed by atoms with Crippen LogP contribution in [0.4, 0.5) is 5.69 Å². The first-order valence-electron chi connectivity index (χ1n) is 11.0. The summed E-state index contributed by atoms with van der Waals surface area (Å²) < 4.78 is 0. The number of rotatable bonds is 7. The first-order chi connectivity index (χ1) is 15.0. The molecule has 3 amide bonds. The van der Waals surface area contributed by atoms with E-state index in [1.807, 2.05) is 50.2 Å². The molecule has 0 bridgehead atoms. The Labute approximate surface area is 184 Å². The summed E-state index contributed by atoms with van der Waals surface area (Å²) in [7, 11) is 0. The molecule has 6 nitrogen and oxygen atoms in total. The van der Waals surface area contributed by atoms with Crippen molar-refractivity contribution in [3.63, 3.8) is 0 Å². The Kier molecular flexibility index (Phi) is 7.82. The smallest absolute Gasteiger partial charge is 0.251 e. The highest BCUT2D eigenvalue weighted by Crippen LogP contribution is 2.22. The minimum atomic E-state index is -0.576. The molecule has 0 aromatic heterocycles. The van der Waals surface area contributed by atoms with Crippen molar-refractivity contribution in [2.24, 2.45) is 11.8 Å². The summed E-state index contributed by atoms with van der Waals surface area (Å²) in [5.74, 6) is -0.421. The van der Waals surface area contributed by atoms with Gasteiger partial charge in [0.05, 0.1) is 0 Å². The molecule has 31 heavy (non-hydrogen) atoms. The fourth-order valence-electron chi connectivity index (χ4n) is 3.82. The van der Waals surface area contributed by atoms with Gasteiger partial charge in [0, 0.05) is 30.3 Å². The largest absolute Gasteiger partial charge is 0.341 e. The van der Waals surface area contributed by atoms with Gasteiger partial charge in [-0.15, -0.1) is 0 Å². The van der Waals surface area contributed by atoms with Gasteiger partial charge in [0.25, 0.3) is 5.91 Å². The van der Waals surface area contributed by atoms with E-state index in [1.165, 1.54) is 0 Å². The lowest BCUT2D eigenvalue weighted by molar-refractivity contribution is -0.137. The lowest BCUT2D eigenvalue weighted by Gasteiger charge is -2.35. The zero-order chi connectivity index (χ0) is 22.2. The maximum absolute atomic E-state index is 13.2. The first kappa shape index (κ1) is 22.5. The number of nitrogens with zero attached hydrogens (tertiary/aromatic N) is 1. The number of carbonyl (C=O) groups excluding carboxylic acids is 3. The van der Waals surface area contributed by atoms with Gasteiger partial charge in [-0.3, -0.25) is 14.4 Å². The zero-order valence-electron chi connectivity index (χ0n) is 18.2. The summed E-state index contributed by atoms with van der Waals surface area (Å²) in [6.07, 6.45) is 2.01. The second-order valence-electron chi connectivity index (χ2n) is 8.16. The van der Waals surface area contributed by atoms with Gasteiger partial charge in [0.1, 0.15) is 6.04 Å². The molecule has 2 N–H and O–H groups in total. The highest BCUT2D eigenvalue weighted by atomic mass is 16.2. The van der Waals surface area contributed by atoms with Crippen molar-refractivity contribution >= 4 is 23.4 Å². The van der Waals surface area contributed by atoms with E-state index < -0.39 is 6.04 Å². The fourth-order valence-corrected chi connectivity index (χ4v) is 3.82. The van der Waals surface area contributed by atoms with Crippen molar-refractivity contribution in [3.05, 3.63) is 66.2 Å².